The van der Waals surface area contributed by atoms with Gasteiger partial charge in [-0.3, -0.25) is 19.3 Å². The first kappa shape index (κ1) is 18.4. The molecular weight excluding hydrogens is 352 g/mol. The lowest BCUT2D eigenvalue weighted by atomic mass is 9.81. The number of imide groups is 1. The van der Waals surface area contributed by atoms with E-state index in [2.05, 4.69) is 5.32 Å². The first-order valence-electron chi connectivity index (χ1n) is 9.94. The summed E-state index contributed by atoms with van der Waals surface area (Å²) in [4.78, 5) is 38.5. The highest BCUT2D eigenvalue weighted by atomic mass is 16.2. The van der Waals surface area contributed by atoms with Gasteiger partial charge in [0.25, 0.3) is 0 Å². The molecule has 2 aromatic rings. The Hall–Kier alpha value is -2.95. The van der Waals surface area contributed by atoms with Gasteiger partial charge in [0, 0.05) is 18.7 Å². The second-order valence-electron chi connectivity index (χ2n) is 7.57. The van der Waals surface area contributed by atoms with Crippen LogP contribution in [0.5, 0.6) is 0 Å². The molecule has 3 amide bonds. The maximum absolute atomic E-state index is 12.5. The Morgan fingerprint density at radius 3 is 2.04 bits per heavy atom. The number of hydrogen-bond donors (Lipinski definition) is 1. The van der Waals surface area contributed by atoms with Crippen molar-refractivity contribution in [1.29, 1.82) is 0 Å². The summed E-state index contributed by atoms with van der Waals surface area (Å²) in [5, 5.41) is 2.85. The number of benzene rings is 2. The number of nitrogens with one attached hydrogen (secondary N) is 1. The number of likely N-dealkylation sites (tertiary alicyclic amines) is 1. The van der Waals surface area contributed by atoms with Crippen molar-refractivity contribution in [1.82, 2.24) is 4.90 Å². The molecule has 1 saturated heterocycles. The first-order valence-corrected chi connectivity index (χ1v) is 9.94. The van der Waals surface area contributed by atoms with E-state index in [1.165, 1.54) is 4.90 Å². The summed E-state index contributed by atoms with van der Waals surface area (Å²) in [5.74, 6) is -0.683. The number of nitrogens with zero attached hydrogens (tertiary/aromatic N) is 1. The SMILES string of the molecule is O=C(CCN1C(=O)[C@H]2CCCC[C@H]2C1=O)Nc1ccc(-c2ccccc2)cc1. The zero-order valence-electron chi connectivity index (χ0n) is 15.8. The summed E-state index contributed by atoms with van der Waals surface area (Å²) in [7, 11) is 0. The first-order chi connectivity index (χ1) is 13.6. The number of anilines is 1. The van der Waals surface area contributed by atoms with E-state index in [-0.39, 0.29) is 42.5 Å². The Kier molecular flexibility index (Phi) is 5.24. The Morgan fingerprint density at radius 1 is 0.857 bits per heavy atom. The fourth-order valence-electron chi connectivity index (χ4n) is 4.26. The standard InChI is InChI=1S/C23H24N2O3/c26-21(14-15-25-22(27)19-8-4-5-9-20(19)23(25)28)24-18-12-10-17(11-13-18)16-6-2-1-3-7-16/h1-3,6-7,10-13,19-20H,4-5,8-9,14-15H2,(H,24,26)/t19-,20+. The van der Waals surface area contributed by atoms with E-state index in [4.69, 9.17) is 0 Å². The zero-order chi connectivity index (χ0) is 19.5. The van der Waals surface area contributed by atoms with Crippen LogP contribution >= 0.6 is 0 Å². The molecule has 1 aliphatic heterocycles. The lowest BCUT2D eigenvalue weighted by Gasteiger charge is -2.19. The smallest absolute Gasteiger partial charge is 0.233 e. The van der Waals surface area contributed by atoms with Gasteiger partial charge < -0.3 is 5.32 Å². The van der Waals surface area contributed by atoms with Gasteiger partial charge in [-0.2, -0.15) is 0 Å². The molecule has 28 heavy (non-hydrogen) atoms. The number of fused-ring (bicyclic) bond motifs is 1. The molecule has 0 bridgehead atoms. The molecule has 0 radical (unpaired) electrons. The minimum atomic E-state index is -0.192. The van der Waals surface area contributed by atoms with E-state index < -0.39 is 0 Å². The largest absolute Gasteiger partial charge is 0.326 e. The Morgan fingerprint density at radius 2 is 1.43 bits per heavy atom. The second kappa shape index (κ2) is 7.97. The maximum atomic E-state index is 12.5. The predicted molar refractivity (Wildman–Crippen MR) is 107 cm³/mol. The van der Waals surface area contributed by atoms with E-state index in [1.807, 2.05) is 54.6 Å². The molecule has 5 nitrogen and oxygen atoms in total. The van der Waals surface area contributed by atoms with E-state index in [9.17, 15) is 14.4 Å². The molecule has 0 unspecified atom stereocenters. The van der Waals surface area contributed by atoms with Crippen LogP contribution < -0.4 is 5.32 Å². The van der Waals surface area contributed by atoms with Crippen LogP contribution in [-0.2, 0) is 14.4 Å². The molecule has 144 valence electrons. The van der Waals surface area contributed by atoms with E-state index in [1.54, 1.807) is 0 Å². The monoisotopic (exact) mass is 376 g/mol. The lowest BCUT2D eigenvalue weighted by Crippen LogP contribution is -2.34. The molecule has 4 rings (SSSR count). The number of hydrogen-bond acceptors (Lipinski definition) is 3. The van der Waals surface area contributed by atoms with Crippen LogP contribution in [0, 0.1) is 11.8 Å². The van der Waals surface area contributed by atoms with Crippen LogP contribution in [0.2, 0.25) is 0 Å². The van der Waals surface area contributed by atoms with Crippen LogP contribution in [0.25, 0.3) is 11.1 Å². The average molecular weight is 376 g/mol. The number of carbonyl (C=O) groups is 3. The quantitative estimate of drug-likeness (QED) is 0.806. The van der Waals surface area contributed by atoms with Crippen molar-refractivity contribution in [2.24, 2.45) is 11.8 Å². The third-order valence-electron chi connectivity index (χ3n) is 5.77. The highest BCUT2D eigenvalue weighted by Gasteiger charge is 2.47. The molecule has 2 aliphatic rings. The lowest BCUT2D eigenvalue weighted by molar-refractivity contribution is -0.140. The minimum absolute atomic E-state index is 0.0882. The van der Waals surface area contributed by atoms with Gasteiger partial charge in [0.15, 0.2) is 0 Å². The van der Waals surface area contributed by atoms with Gasteiger partial charge in [-0.25, -0.2) is 0 Å². The predicted octanol–water partition coefficient (Wildman–Crippen LogP) is 3.86. The molecule has 2 atom stereocenters. The molecule has 1 N–H and O–H groups in total. The molecule has 1 aliphatic carbocycles. The topological polar surface area (TPSA) is 66.5 Å². The number of rotatable bonds is 5. The van der Waals surface area contributed by atoms with Crippen molar-refractivity contribution in [2.45, 2.75) is 32.1 Å². The van der Waals surface area contributed by atoms with Crippen molar-refractivity contribution in [3.05, 3.63) is 54.6 Å². The second-order valence-corrected chi connectivity index (χ2v) is 7.57. The highest BCUT2D eigenvalue weighted by Crippen LogP contribution is 2.38. The van der Waals surface area contributed by atoms with Gasteiger partial charge in [0.05, 0.1) is 11.8 Å². The van der Waals surface area contributed by atoms with Crippen molar-refractivity contribution < 1.29 is 14.4 Å². The fraction of sp³-hybridized carbons (Fsp3) is 0.348. The molecular formula is C23H24N2O3. The van der Waals surface area contributed by atoms with Crippen molar-refractivity contribution >= 4 is 23.4 Å². The van der Waals surface area contributed by atoms with Crippen LogP contribution in [-0.4, -0.2) is 29.2 Å². The fourth-order valence-corrected chi connectivity index (χ4v) is 4.26. The van der Waals surface area contributed by atoms with Gasteiger partial charge in [0.2, 0.25) is 17.7 Å². The third kappa shape index (κ3) is 3.70. The summed E-state index contributed by atoms with van der Waals surface area (Å²) in [6.45, 7) is 0.165. The van der Waals surface area contributed by atoms with Crippen LogP contribution in [0.15, 0.2) is 54.6 Å². The summed E-state index contributed by atoms with van der Waals surface area (Å²) in [6, 6.07) is 17.7. The highest BCUT2D eigenvalue weighted by molar-refractivity contribution is 6.05. The minimum Gasteiger partial charge on any atom is -0.326 e. The Balaban J connectivity index is 1.32. The van der Waals surface area contributed by atoms with Gasteiger partial charge in [-0.05, 0) is 36.1 Å². The molecule has 0 spiro atoms. The maximum Gasteiger partial charge on any atom is 0.233 e. The molecule has 1 saturated carbocycles. The Bertz CT molecular complexity index is 852. The summed E-state index contributed by atoms with van der Waals surface area (Å²) in [6.07, 6.45) is 3.73. The number of amides is 3. The van der Waals surface area contributed by atoms with Crippen molar-refractivity contribution in [2.75, 3.05) is 11.9 Å². The van der Waals surface area contributed by atoms with Gasteiger partial charge in [0.1, 0.15) is 0 Å². The summed E-state index contributed by atoms with van der Waals surface area (Å²) < 4.78 is 0. The third-order valence-corrected chi connectivity index (χ3v) is 5.77. The molecule has 1 heterocycles. The van der Waals surface area contributed by atoms with E-state index in [0.717, 1.165) is 36.8 Å². The normalized spacial score (nSPS) is 21.5. The van der Waals surface area contributed by atoms with E-state index in [0.29, 0.717) is 5.69 Å². The van der Waals surface area contributed by atoms with Crippen molar-refractivity contribution in [3.8, 4) is 11.1 Å². The molecule has 5 heteroatoms. The zero-order valence-corrected chi connectivity index (χ0v) is 15.8. The van der Waals surface area contributed by atoms with Crippen LogP contribution in [0.4, 0.5) is 5.69 Å². The van der Waals surface area contributed by atoms with Gasteiger partial charge in [-0.15, -0.1) is 0 Å². The van der Waals surface area contributed by atoms with E-state index >= 15 is 0 Å². The summed E-state index contributed by atoms with van der Waals surface area (Å²) >= 11 is 0. The van der Waals surface area contributed by atoms with Crippen LogP contribution in [0.3, 0.4) is 0 Å². The Labute approximate surface area is 164 Å². The average Bonchev–Trinajstić information content (AvgIpc) is 2.98. The molecule has 0 aromatic heterocycles. The van der Waals surface area contributed by atoms with Gasteiger partial charge in [-0.1, -0.05) is 55.3 Å². The molecule has 2 fully saturated rings. The molecule has 2 aromatic carbocycles. The summed E-state index contributed by atoms with van der Waals surface area (Å²) in [5.41, 5.74) is 2.90. The van der Waals surface area contributed by atoms with Crippen LogP contribution in [0.1, 0.15) is 32.1 Å². The van der Waals surface area contributed by atoms with Crippen molar-refractivity contribution in [3.63, 3.8) is 0 Å². The van der Waals surface area contributed by atoms with Gasteiger partial charge >= 0.3 is 0 Å². The number of carbonyl (C=O) groups excluding carboxylic acids is 3.